The van der Waals surface area contributed by atoms with Gasteiger partial charge in [0.15, 0.2) is 16.7 Å². The number of tetrazole rings is 1. The van der Waals surface area contributed by atoms with E-state index in [0.717, 1.165) is 35.1 Å². The maximum Gasteiger partial charge on any atom is 0.511 e. The highest BCUT2D eigenvalue weighted by molar-refractivity contribution is 6.32. The van der Waals surface area contributed by atoms with Crippen LogP contribution in [0.15, 0.2) is 48.5 Å². The van der Waals surface area contributed by atoms with E-state index in [2.05, 4.69) is 30.4 Å². The number of imidazole rings is 1. The molecule has 4 atom stereocenters. The van der Waals surface area contributed by atoms with Crippen molar-refractivity contribution in [3.63, 3.8) is 0 Å². The Morgan fingerprint density at radius 1 is 0.962 bits per heavy atom. The fourth-order valence-corrected chi connectivity index (χ4v) is 5.68. The van der Waals surface area contributed by atoms with E-state index in [4.69, 9.17) is 51.5 Å². The average molecular weight is 749 g/mol. The van der Waals surface area contributed by atoms with Crippen LogP contribution in [0.4, 0.5) is 4.79 Å². The van der Waals surface area contributed by atoms with Gasteiger partial charge in [-0.2, -0.15) is 0 Å². The summed E-state index contributed by atoms with van der Waals surface area (Å²) < 4.78 is 17.3. The molecule has 5 N–H and O–H groups in total. The van der Waals surface area contributed by atoms with Crippen molar-refractivity contribution in [2.45, 2.75) is 78.4 Å². The monoisotopic (exact) mass is 748 g/mol. The topological polar surface area (TPSA) is 240 Å². The molecular weight excluding hydrogens is 708 g/mol. The molecule has 0 saturated carbocycles. The molecule has 0 bridgehead atoms. The molecular formula is C32H41ClN8O11. The summed E-state index contributed by atoms with van der Waals surface area (Å²) in [4.78, 5) is 39.7. The molecule has 4 rings (SSSR count). The number of hydrogen-bond acceptors (Lipinski definition) is 17. The van der Waals surface area contributed by atoms with Crippen LogP contribution in [0.25, 0.3) is 22.5 Å². The van der Waals surface area contributed by atoms with Crippen LogP contribution in [0.3, 0.4) is 0 Å². The quantitative estimate of drug-likeness (QED) is 0.0468. The Kier molecular flexibility index (Phi) is 14.9. The molecule has 0 aliphatic heterocycles. The van der Waals surface area contributed by atoms with Crippen molar-refractivity contribution < 1.29 is 54.3 Å². The Hall–Kier alpha value is -4.57. The molecule has 2 heterocycles. The molecule has 0 amide bonds. The van der Waals surface area contributed by atoms with Gasteiger partial charge >= 0.3 is 12.1 Å². The first-order valence-corrected chi connectivity index (χ1v) is 16.7. The van der Waals surface area contributed by atoms with Gasteiger partial charge in [-0.25, -0.2) is 29.3 Å². The molecule has 20 heteroatoms. The zero-order valence-corrected chi connectivity index (χ0v) is 29.6. The van der Waals surface area contributed by atoms with Crippen molar-refractivity contribution in [3.8, 4) is 22.5 Å². The van der Waals surface area contributed by atoms with E-state index in [1.54, 1.807) is 11.5 Å². The number of unbranched alkanes of at least 4 members (excludes halogenated alkanes) is 1. The normalized spacial score (nSPS) is 13.9. The number of carbonyl (C=O) groups is 2. The van der Waals surface area contributed by atoms with Crippen molar-refractivity contribution in [1.82, 2.24) is 41.0 Å². The zero-order chi connectivity index (χ0) is 37.8. The number of benzene rings is 2. The van der Waals surface area contributed by atoms with E-state index in [1.165, 1.54) is 13.8 Å². The van der Waals surface area contributed by atoms with Crippen LogP contribution in [0.1, 0.15) is 68.8 Å². The van der Waals surface area contributed by atoms with Crippen LogP contribution in [-0.4, -0.2) is 99.0 Å². The Bertz CT molecular complexity index is 1720. The second kappa shape index (κ2) is 19.3. The predicted molar refractivity (Wildman–Crippen MR) is 177 cm³/mol. The summed E-state index contributed by atoms with van der Waals surface area (Å²) in [5, 5.41) is 48.9. The van der Waals surface area contributed by atoms with Crippen molar-refractivity contribution in [3.05, 3.63) is 70.8 Å². The maximum atomic E-state index is 13.4. The summed E-state index contributed by atoms with van der Waals surface area (Å²) in [5.41, 5.74) is 3.53. The lowest BCUT2D eigenvalue weighted by Gasteiger charge is -2.29. The summed E-state index contributed by atoms with van der Waals surface area (Å²) in [6, 6.07) is 15.5. The van der Waals surface area contributed by atoms with Gasteiger partial charge in [0, 0.05) is 25.5 Å². The molecule has 0 aliphatic rings. The minimum absolute atomic E-state index is 0.00818. The highest BCUT2D eigenvalue weighted by atomic mass is 35.5. The van der Waals surface area contributed by atoms with Crippen molar-refractivity contribution >= 4 is 23.7 Å². The lowest BCUT2D eigenvalue weighted by Crippen LogP contribution is -2.41. The second-order valence-corrected chi connectivity index (χ2v) is 12.0. The first kappa shape index (κ1) is 40.2. The average Bonchev–Trinajstić information content (AvgIpc) is 3.74. The molecule has 0 radical (unpaired) electrons. The number of ether oxygens (including phenoxy) is 3. The summed E-state index contributed by atoms with van der Waals surface area (Å²) in [6.45, 7) is 6.35. The van der Waals surface area contributed by atoms with Crippen LogP contribution in [-0.2, 0) is 36.9 Å². The van der Waals surface area contributed by atoms with E-state index >= 15 is 0 Å². The third kappa shape index (κ3) is 11.2. The molecule has 2 aromatic heterocycles. The van der Waals surface area contributed by atoms with E-state index in [-0.39, 0.29) is 30.4 Å². The number of nitrogens with zero attached hydrogens (tertiary/aromatic N) is 7. The number of H-pyrrole nitrogens is 1. The van der Waals surface area contributed by atoms with Gasteiger partial charge < -0.3 is 18.8 Å². The smallest absolute Gasteiger partial charge is 0.434 e. The number of carbonyl (C=O) groups excluding carboxylic acids is 2. The number of aromatic nitrogens is 6. The number of rotatable bonds is 19. The first-order valence-electron chi connectivity index (χ1n) is 16.3. The first-order chi connectivity index (χ1) is 24.9. The van der Waals surface area contributed by atoms with Crippen LogP contribution in [0.2, 0.25) is 5.15 Å². The van der Waals surface area contributed by atoms with Gasteiger partial charge in [0.05, 0.1) is 17.4 Å². The van der Waals surface area contributed by atoms with Crippen molar-refractivity contribution in [1.29, 1.82) is 0 Å². The SMILES string of the molecule is CCCCc1nc(Cl)c(C(=O)OC(C)OC(=O)OCCC(C)[C@@H](ON(O)O)[C@@H](C)ON(O)O)n1Cc1ccc(-c2ccccc2-c2nnn[nH]2)cc1. The van der Waals surface area contributed by atoms with Gasteiger partial charge in [-0.3, -0.25) is 20.8 Å². The molecule has 19 nitrogen and oxygen atoms in total. The molecule has 4 aromatic rings. The van der Waals surface area contributed by atoms with E-state index in [9.17, 15) is 9.59 Å². The summed E-state index contributed by atoms with van der Waals surface area (Å²) >= 11 is 6.49. The number of nitrogens with one attached hydrogen (secondary N) is 1. The maximum absolute atomic E-state index is 13.4. The number of halogens is 1. The van der Waals surface area contributed by atoms with Gasteiger partial charge in [0.25, 0.3) is 0 Å². The van der Waals surface area contributed by atoms with E-state index in [0.29, 0.717) is 18.1 Å². The van der Waals surface area contributed by atoms with Gasteiger partial charge in [0.2, 0.25) is 6.29 Å². The molecule has 0 fully saturated rings. The fourth-order valence-electron chi connectivity index (χ4n) is 5.41. The molecule has 52 heavy (non-hydrogen) atoms. The highest BCUT2D eigenvalue weighted by Gasteiger charge is 2.30. The Morgan fingerprint density at radius 3 is 2.29 bits per heavy atom. The van der Waals surface area contributed by atoms with Crippen LogP contribution in [0, 0.1) is 5.92 Å². The third-order valence-electron chi connectivity index (χ3n) is 7.91. The number of hydrogen-bond donors (Lipinski definition) is 5. The fraction of sp³-hybridized carbons (Fsp3) is 0.438. The third-order valence-corrected chi connectivity index (χ3v) is 8.18. The number of aromatic amines is 1. The van der Waals surface area contributed by atoms with Crippen molar-refractivity contribution in [2.75, 3.05) is 6.61 Å². The van der Waals surface area contributed by atoms with Gasteiger partial charge in [-0.1, -0.05) is 80.4 Å². The van der Waals surface area contributed by atoms with E-state index < -0.39 is 47.3 Å². The highest BCUT2D eigenvalue weighted by Crippen LogP contribution is 2.30. The number of aryl methyl sites for hydroxylation is 1. The lowest BCUT2D eigenvalue weighted by molar-refractivity contribution is -0.539. The van der Waals surface area contributed by atoms with Gasteiger partial charge in [0.1, 0.15) is 18.0 Å². The van der Waals surface area contributed by atoms with Gasteiger partial charge in [-0.05, 0) is 52.8 Å². The largest absolute Gasteiger partial charge is 0.511 e. The molecule has 2 aromatic carbocycles. The molecule has 0 aliphatic carbocycles. The van der Waals surface area contributed by atoms with Crippen LogP contribution in [0.5, 0.6) is 0 Å². The van der Waals surface area contributed by atoms with E-state index in [1.807, 2.05) is 55.5 Å². The second-order valence-electron chi connectivity index (χ2n) is 11.7. The molecule has 0 saturated heterocycles. The number of esters is 1. The van der Waals surface area contributed by atoms with Crippen LogP contribution < -0.4 is 0 Å². The molecule has 0 spiro atoms. The van der Waals surface area contributed by atoms with Crippen molar-refractivity contribution in [2.24, 2.45) is 5.92 Å². The Labute approximate surface area is 302 Å². The summed E-state index contributed by atoms with van der Waals surface area (Å²) in [5.74, 6) is -0.315. The Morgan fingerprint density at radius 2 is 1.65 bits per heavy atom. The minimum atomic E-state index is -1.38. The zero-order valence-electron chi connectivity index (χ0n) is 28.8. The minimum Gasteiger partial charge on any atom is -0.434 e. The van der Waals surface area contributed by atoms with Crippen LogP contribution >= 0.6 is 11.6 Å². The predicted octanol–water partition coefficient (Wildman–Crippen LogP) is 5.24. The Balaban J connectivity index is 1.40. The standard InChI is InChI=1S/C32H41ClN8O11/c1-5-6-11-26-34-29(33)27(39(26)18-22-12-14-23(15-13-22)24-9-7-8-10-25(24)30-35-37-38-36-30)31(42)49-21(4)50-32(43)48-17-16-19(2)28(52-41(46)47)20(3)51-40(44)45/h7-10,12-15,19-21,28,44-47H,5-6,11,16-18H2,1-4H3,(H,35,36,37,38)/t19?,20-,21?,28-/m1/s1. The molecule has 282 valence electrons. The lowest BCUT2D eigenvalue weighted by atomic mass is 9.97. The van der Waals surface area contributed by atoms with Gasteiger partial charge in [-0.15, -0.1) is 5.10 Å². The summed E-state index contributed by atoms with van der Waals surface area (Å²) in [6.07, 6.45) is -2.39. The summed E-state index contributed by atoms with van der Waals surface area (Å²) in [7, 11) is 0. The molecule has 2 unspecified atom stereocenters.